The van der Waals surface area contributed by atoms with E-state index in [1.54, 1.807) is 31.2 Å². The smallest absolute Gasteiger partial charge is 0.308 e. The van der Waals surface area contributed by atoms with E-state index in [9.17, 15) is 9.59 Å². The summed E-state index contributed by atoms with van der Waals surface area (Å²) in [5.41, 5.74) is 0.411. The highest BCUT2D eigenvalue weighted by molar-refractivity contribution is 5.97. The van der Waals surface area contributed by atoms with Crippen LogP contribution in [0.2, 0.25) is 0 Å². The Morgan fingerprint density at radius 3 is 2.47 bits per heavy atom. The summed E-state index contributed by atoms with van der Waals surface area (Å²) < 4.78 is 5.54. The van der Waals surface area contributed by atoms with Crippen LogP contribution in [-0.4, -0.2) is 29.6 Å². The molecule has 2 N–H and O–H groups in total. The number of rotatable bonds is 6. The summed E-state index contributed by atoms with van der Waals surface area (Å²) in [7, 11) is 0. The van der Waals surface area contributed by atoms with Gasteiger partial charge in [-0.1, -0.05) is 19.1 Å². The molecule has 1 rings (SSSR count). The molecule has 0 aliphatic rings. The fraction of sp³-hybridized carbons (Fsp3) is 0.429. The van der Waals surface area contributed by atoms with Crippen molar-refractivity contribution in [1.82, 2.24) is 5.32 Å². The lowest BCUT2D eigenvalue weighted by molar-refractivity contribution is -0.140. The molecule has 0 bridgehead atoms. The van der Waals surface area contributed by atoms with Crippen LogP contribution < -0.4 is 10.1 Å². The maximum absolute atomic E-state index is 12.0. The summed E-state index contributed by atoms with van der Waals surface area (Å²) >= 11 is 0. The molecule has 0 radical (unpaired) electrons. The average Bonchev–Trinajstić information content (AvgIpc) is 2.35. The van der Waals surface area contributed by atoms with Crippen LogP contribution in [0.15, 0.2) is 24.3 Å². The fourth-order valence-corrected chi connectivity index (χ4v) is 1.44. The number of amides is 1. The van der Waals surface area contributed by atoms with Crippen LogP contribution in [0.1, 0.15) is 31.1 Å². The van der Waals surface area contributed by atoms with Gasteiger partial charge in [-0.25, -0.2) is 0 Å². The summed E-state index contributed by atoms with van der Waals surface area (Å²) in [6.45, 7) is 5.38. The van der Waals surface area contributed by atoms with Crippen LogP contribution in [0.4, 0.5) is 0 Å². The average molecular weight is 265 g/mol. The van der Waals surface area contributed by atoms with Crippen LogP contribution in [0.3, 0.4) is 0 Å². The van der Waals surface area contributed by atoms with Gasteiger partial charge in [-0.15, -0.1) is 0 Å². The molecule has 0 heterocycles. The molecule has 1 unspecified atom stereocenters. The first kappa shape index (κ1) is 15.0. The van der Waals surface area contributed by atoms with Crippen molar-refractivity contribution in [2.24, 2.45) is 5.92 Å². The number of benzene rings is 1. The van der Waals surface area contributed by atoms with Crippen molar-refractivity contribution >= 4 is 11.9 Å². The Bertz CT molecular complexity index is 457. The second-order valence-electron chi connectivity index (χ2n) is 4.61. The first-order valence-corrected chi connectivity index (χ1v) is 6.18. The van der Waals surface area contributed by atoms with Crippen molar-refractivity contribution in [3.05, 3.63) is 29.8 Å². The highest BCUT2D eigenvalue weighted by atomic mass is 16.5. The van der Waals surface area contributed by atoms with Gasteiger partial charge in [-0.3, -0.25) is 9.59 Å². The summed E-state index contributed by atoms with van der Waals surface area (Å²) in [6.07, 6.45) is -0.0353. The third kappa shape index (κ3) is 4.62. The number of ether oxygens (including phenoxy) is 1. The number of aliphatic carboxylic acids is 1. The lowest BCUT2D eigenvalue weighted by Gasteiger charge is -2.14. The van der Waals surface area contributed by atoms with Crippen molar-refractivity contribution in [1.29, 1.82) is 0 Å². The van der Waals surface area contributed by atoms with Crippen LogP contribution >= 0.6 is 0 Å². The molecule has 0 saturated heterocycles. The molecule has 104 valence electrons. The molecule has 1 aromatic rings. The molecule has 0 aliphatic carbocycles. The molecule has 1 atom stereocenters. The first-order valence-electron chi connectivity index (χ1n) is 6.18. The van der Waals surface area contributed by atoms with Crippen molar-refractivity contribution < 1.29 is 19.4 Å². The first-order chi connectivity index (χ1) is 8.91. The predicted octanol–water partition coefficient (Wildman–Crippen LogP) is 1.92. The van der Waals surface area contributed by atoms with Gasteiger partial charge in [0.2, 0.25) is 0 Å². The molecular weight excluding hydrogens is 246 g/mol. The van der Waals surface area contributed by atoms with Crippen LogP contribution in [0.25, 0.3) is 0 Å². The molecule has 0 spiro atoms. The van der Waals surface area contributed by atoms with Gasteiger partial charge in [0.05, 0.1) is 17.6 Å². The van der Waals surface area contributed by atoms with E-state index in [-0.39, 0.29) is 18.6 Å². The number of carbonyl (C=O) groups is 2. The number of carboxylic acid groups (broad SMARTS) is 1. The van der Waals surface area contributed by atoms with Gasteiger partial charge in [0.1, 0.15) is 5.75 Å². The highest BCUT2D eigenvalue weighted by Crippen LogP contribution is 2.19. The van der Waals surface area contributed by atoms with Gasteiger partial charge >= 0.3 is 5.97 Å². The van der Waals surface area contributed by atoms with E-state index in [1.165, 1.54) is 0 Å². The molecular formula is C14H19NO4. The van der Waals surface area contributed by atoms with Crippen LogP contribution in [0.5, 0.6) is 5.75 Å². The summed E-state index contributed by atoms with van der Waals surface area (Å²) in [5.74, 6) is -1.39. The SMILES string of the molecule is CC(C)Oc1ccccc1C(=O)NCC(C)C(=O)O. The fourth-order valence-electron chi connectivity index (χ4n) is 1.44. The number of hydrogen-bond donors (Lipinski definition) is 2. The molecule has 0 fully saturated rings. The van der Waals surface area contributed by atoms with Crippen molar-refractivity contribution in [2.75, 3.05) is 6.54 Å². The Hall–Kier alpha value is -2.04. The normalized spacial score (nSPS) is 12.0. The molecule has 0 aromatic heterocycles. The van der Waals surface area contributed by atoms with E-state index in [1.807, 2.05) is 13.8 Å². The Morgan fingerprint density at radius 2 is 1.89 bits per heavy atom. The van der Waals surface area contributed by atoms with Crippen molar-refractivity contribution in [3.8, 4) is 5.75 Å². The number of para-hydroxylation sites is 1. The van der Waals surface area contributed by atoms with Gasteiger partial charge in [0.15, 0.2) is 0 Å². The Balaban J connectivity index is 2.74. The van der Waals surface area contributed by atoms with Crippen LogP contribution in [-0.2, 0) is 4.79 Å². The maximum atomic E-state index is 12.0. The zero-order valence-corrected chi connectivity index (χ0v) is 11.3. The van der Waals surface area contributed by atoms with E-state index in [2.05, 4.69) is 5.32 Å². The van der Waals surface area contributed by atoms with E-state index in [4.69, 9.17) is 9.84 Å². The van der Waals surface area contributed by atoms with Crippen LogP contribution in [0, 0.1) is 5.92 Å². The second kappa shape index (κ2) is 6.78. The lowest BCUT2D eigenvalue weighted by atomic mass is 10.1. The van der Waals surface area contributed by atoms with E-state index in [0.717, 1.165) is 0 Å². The Kier molecular flexibility index (Phi) is 5.36. The second-order valence-corrected chi connectivity index (χ2v) is 4.61. The van der Waals surface area contributed by atoms with Gasteiger partial charge < -0.3 is 15.2 Å². The molecule has 5 nitrogen and oxygen atoms in total. The van der Waals surface area contributed by atoms with E-state index in [0.29, 0.717) is 11.3 Å². The van der Waals surface area contributed by atoms with Crippen molar-refractivity contribution in [3.63, 3.8) is 0 Å². The third-order valence-corrected chi connectivity index (χ3v) is 2.48. The topological polar surface area (TPSA) is 75.6 Å². The zero-order chi connectivity index (χ0) is 14.4. The van der Waals surface area contributed by atoms with Crippen molar-refractivity contribution in [2.45, 2.75) is 26.9 Å². The highest BCUT2D eigenvalue weighted by Gasteiger charge is 2.16. The summed E-state index contributed by atoms with van der Waals surface area (Å²) in [6, 6.07) is 6.89. The molecule has 5 heteroatoms. The zero-order valence-electron chi connectivity index (χ0n) is 11.3. The van der Waals surface area contributed by atoms with Gasteiger partial charge in [-0.05, 0) is 26.0 Å². The number of nitrogens with one attached hydrogen (secondary N) is 1. The Morgan fingerprint density at radius 1 is 1.26 bits per heavy atom. The standard InChI is InChI=1S/C14H19NO4/c1-9(2)19-12-7-5-4-6-11(12)13(16)15-8-10(3)14(17)18/h4-7,9-10H,8H2,1-3H3,(H,15,16)(H,17,18). The minimum atomic E-state index is -0.938. The minimum absolute atomic E-state index is 0.0353. The van der Waals surface area contributed by atoms with Gasteiger partial charge in [-0.2, -0.15) is 0 Å². The van der Waals surface area contributed by atoms with Gasteiger partial charge in [0, 0.05) is 6.54 Å². The number of carboxylic acids is 1. The minimum Gasteiger partial charge on any atom is -0.490 e. The molecule has 1 amide bonds. The van der Waals surface area contributed by atoms with Gasteiger partial charge in [0.25, 0.3) is 5.91 Å². The molecule has 1 aromatic carbocycles. The molecule has 0 saturated carbocycles. The summed E-state index contributed by atoms with van der Waals surface area (Å²) in [5, 5.41) is 11.4. The monoisotopic (exact) mass is 265 g/mol. The largest absolute Gasteiger partial charge is 0.490 e. The van der Waals surface area contributed by atoms with E-state index >= 15 is 0 Å². The molecule has 19 heavy (non-hydrogen) atoms. The lowest BCUT2D eigenvalue weighted by Crippen LogP contribution is -2.31. The Labute approximate surface area is 112 Å². The third-order valence-electron chi connectivity index (χ3n) is 2.48. The molecule has 0 aliphatic heterocycles. The van der Waals surface area contributed by atoms with E-state index < -0.39 is 11.9 Å². The number of hydrogen-bond acceptors (Lipinski definition) is 3. The summed E-state index contributed by atoms with van der Waals surface area (Å²) in [4.78, 5) is 22.7. The number of carbonyl (C=O) groups excluding carboxylic acids is 1. The maximum Gasteiger partial charge on any atom is 0.308 e. The predicted molar refractivity (Wildman–Crippen MR) is 71.3 cm³/mol. The quantitative estimate of drug-likeness (QED) is 0.824.